The van der Waals surface area contributed by atoms with Crippen molar-refractivity contribution in [3.8, 4) is 5.75 Å². The molecule has 0 spiro atoms. The number of nitrogens with one attached hydrogen (secondary N) is 1. The van der Waals surface area contributed by atoms with Gasteiger partial charge in [0.25, 0.3) is 0 Å². The molecular formula is C22H28N2O4. The predicted octanol–water partition coefficient (Wildman–Crippen LogP) is 3.27. The fourth-order valence-corrected chi connectivity index (χ4v) is 3.83. The van der Waals surface area contributed by atoms with E-state index in [1.54, 1.807) is 6.92 Å². The van der Waals surface area contributed by atoms with E-state index in [-0.39, 0.29) is 29.1 Å². The number of benzene rings is 1. The summed E-state index contributed by atoms with van der Waals surface area (Å²) in [5, 5.41) is 2.85. The SMILES string of the molecule is COc1ccc(C(C)(C)C)cc1NC(=O)[C@H](C)N1C(=O)[C@H]2CC=CC[C@@H]2C1=O. The molecule has 3 atom stereocenters. The highest BCUT2D eigenvalue weighted by Crippen LogP contribution is 2.37. The second-order valence-corrected chi connectivity index (χ2v) is 8.53. The average Bonchev–Trinajstić information content (AvgIpc) is 2.91. The number of amides is 3. The number of fused-ring (bicyclic) bond motifs is 1. The molecule has 0 radical (unpaired) electrons. The summed E-state index contributed by atoms with van der Waals surface area (Å²) in [5.41, 5.74) is 1.48. The minimum Gasteiger partial charge on any atom is -0.495 e. The molecular weight excluding hydrogens is 356 g/mol. The Morgan fingerprint density at radius 3 is 2.21 bits per heavy atom. The molecule has 28 heavy (non-hydrogen) atoms. The van der Waals surface area contributed by atoms with Gasteiger partial charge in [0.1, 0.15) is 11.8 Å². The van der Waals surface area contributed by atoms with Crippen LogP contribution in [0.25, 0.3) is 0 Å². The van der Waals surface area contributed by atoms with Gasteiger partial charge < -0.3 is 10.1 Å². The van der Waals surface area contributed by atoms with Gasteiger partial charge in [0.05, 0.1) is 24.6 Å². The van der Waals surface area contributed by atoms with Crippen LogP contribution in [0.2, 0.25) is 0 Å². The molecule has 1 heterocycles. The van der Waals surface area contributed by atoms with E-state index >= 15 is 0 Å². The van der Waals surface area contributed by atoms with Crippen LogP contribution in [0.5, 0.6) is 5.75 Å². The highest BCUT2D eigenvalue weighted by atomic mass is 16.5. The fourth-order valence-electron chi connectivity index (χ4n) is 3.83. The Balaban J connectivity index is 1.81. The summed E-state index contributed by atoms with van der Waals surface area (Å²) in [6.07, 6.45) is 4.98. The van der Waals surface area contributed by atoms with Crippen LogP contribution in [-0.2, 0) is 19.8 Å². The molecule has 6 heteroatoms. The summed E-state index contributed by atoms with van der Waals surface area (Å²) in [6.45, 7) is 7.84. The first-order chi connectivity index (χ1) is 13.1. The van der Waals surface area contributed by atoms with Crippen LogP contribution >= 0.6 is 0 Å². The van der Waals surface area contributed by atoms with Crippen molar-refractivity contribution in [3.05, 3.63) is 35.9 Å². The number of ether oxygens (including phenoxy) is 1. The van der Waals surface area contributed by atoms with Crippen LogP contribution in [0.4, 0.5) is 5.69 Å². The first kappa shape index (κ1) is 20.1. The lowest BCUT2D eigenvalue weighted by Gasteiger charge is -2.24. The van der Waals surface area contributed by atoms with E-state index < -0.39 is 11.9 Å². The van der Waals surface area contributed by atoms with E-state index in [1.165, 1.54) is 7.11 Å². The monoisotopic (exact) mass is 384 g/mol. The molecule has 1 fully saturated rings. The highest BCUT2D eigenvalue weighted by Gasteiger charge is 2.50. The molecule has 1 aromatic carbocycles. The standard InChI is InChI=1S/C22H28N2O4/c1-13(24-20(26)15-8-6-7-9-16(15)21(24)27)19(25)23-17-12-14(22(2,3)4)10-11-18(17)28-5/h6-7,10-13,15-16H,8-9H2,1-5H3,(H,23,25)/t13-,15-,16-/m0/s1. The zero-order chi connectivity index (χ0) is 20.6. The van der Waals surface area contributed by atoms with Gasteiger partial charge in [0.2, 0.25) is 17.7 Å². The number of carbonyl (C=O) groups excluding carboxylic acids is 3. The molecule has 1 N–H and O–H groups in total. The van der Waals surface area contributed by atoms with Crippen molar-refractivity contribution in [2.24, 2.45) is 11.8 Å². The van der Waals surface area contributed by atoms with Crippen LogP contribution in [0.3, 0.4) is 0 Å². The number of rotatable bonds is 4. The van der Waals surface area contributed by atoms with Crippen molar-refractivity contribution in [3.63, 3.8) is 0 Å². The number of anilines is 1. The second kappa shape index (κ2) is 7.41. The summed E-state index contributed by atoms with van der Waals surface area (Å²) in [5.74, 6) is -1.06. The number of imide groups is 1. The normalized spacial score (nSPS) is 22.8. The van der Waals surface area contributed by atoms with E-state index in [1.807, 2.05) is 30.4 Å². The van der Waals surface area contributed by atoms with Gasteiger partial charge in [-0.1, -0.05) is 39.0 Å². The maximum Gasteiger partial charge on any atom is 0.247 e. The van der Waals surface area contributed by atoms with Crippen molar-refractivity contribution < 1.29 is 19.1 Å². The first-order valence-electron chi connectivity index (χ1n) is 9.66. The lowest BCUT2D eigenvalue weighted by atomic mass is 9.85. The van der Waals surface area contributed by atoms with Gasteiger partial charge in [0.15, 0.2) is 0 Å². The lowest BCUT2D eigenvalue weighted by Crippen LogP contribution is -2.46. The highest BCUT2D eigenvalue weighted by molar-refractivity contribution is 6.10. The van der Waals surface area contributed by atoms with Gasteiger partial charge >= 0.3 is 0 Å². The van der Waals surface area contributed by atoms with Gasteiger partial charge in [0, 0.05) is 0 Å². The van der Waals surface area contributed by atoms with Gasteiger partial charge in [-0.05, 0) is 42.9 Å². The molecule has 6 nitrogen and oxygen atoms in total. The van der Waals surface area contributed by atoms with Gasteiger partial charge in [-0.2, -0.15) is 0 Å². The topological polar surface area (TPSA) is 75.7 Å². The maximum atomic E-state index is 12.9. The summed E-state index contributed by atoms with van der Waals surface area (Å²) in [4.78, 5) is 39.5. The Labute approximate surface area is 165 Å². The number of methoxy groups -OCH3 is 1. The minimum atomic E-state index is -0.881. The van der Waals surface area contributed by atoms with Crippen LogP contribution in [-0.4, -0.2) is 35.8 Å². The molecule has 2 aliphatic rings. The molecule has 1 aliphatic heterocycles. The average molecular weight is 384 g/mol. The van der Waals surface area contributed by atoms with Crippen molar-refractivity contribution in [2.75, 3.05) is 12.4 Å². The Hall–Kier alpha value is -2.63. The number of allylic oxidation sites excluding steroid dienone is 2. The van der Waals surface area contributed by atoms with Gasteiger partial charge in [-0.3, -0.25) is 19.3 Å². The summed E-state index contributed by atoms with van der Waals surface area (Å²) in [6, 6.07) is 4.77. The van der Waals surface area contributed by atoms with E-state index in [9.17, 15) is 14.4 Å². The zero-order valence-corrected chi connectivity index (χ0v) is 17.1. The first-order valence-corrected chi connectivity index (χ1v) is 9.66. The Morgan fingerprint density at radius 2 is 1.71 bits per heavy atom. The minimum absolute atomic E-state index is 0.0963. The summed E-state index contributed by atoms with van der Waals surface area (Å²) < 4.78 is 5.37. The molecule has 0 bridgehead atoms. The van der Waals surface area contributed by atoms with Crippen LogP contribution in [0.15, 0.2) is 30.4 Å². The molecule has 3 rings (SSSR count). The maximum absolute atomic E-state index is 12.9. The van der Waals surface area contributed by atoms with Crippen LogP contribution in [0.1, 0.15) is 46.1 Å². The second-order valence-electron chi connectivity index (χ2n) is 8.53. The molecule has 1 aromatic rings. The third kappa shape index (κ3) is 3.55. The number of hydrogen-bond donors (Lipinski definition) is 1. The smallest absolute Gasteiger partial charge is 0.247 e. The summed E-state index contributed by atoms with van der Waals surface area (Å²) in [7, 11) is 1.54. The van der Waals surface area contributed by atoms with Crippen molar-refractivity contribution in [1.82, 2.24) is 4.90 Å². The third-order valence-corrected chi connectivity index (χ3v) is 5.63. The van der Waals surface area contributed by atoms with E-state index in [2.05, 4.69) is 26.1 Å². The van der Waals surface area contributed by atoms with Crippen LogP contribution < -0.4 is 10.1 Å². The third-order valence-electron chi connectivity index (χ3n) is 5.63. The number of hydrogen-bond acceptors (Lipinski definition) is 4. The Morgan fingerprint density at radius 1 is 1.14 bits per heavy atom. The Bertz CT molecular complexity index is 811. The fraction of sp³-hybridized carbons (Fsp3) is 0.500. The lowest BCUT2D eigenvalue weighted by molar-refractivity contribution is -0.146. The van der Waals surface area contributed by atoms with Gasteiger partial charge in [-0.25, -0.2) is 0 Å². The molecule has 3 amide bonds. The largest absolute Gasteiger partial charge is 0.495 e. The molecule has 1 saturated heterocycles. The number of nitrogens with zero attached hydrogens (tertiary/aromatic N) is 1. The predicted molar refractivity (Wildman–Crippen MR) is 107 cm³/mol. The summed E-state index contributed by atoms with van der Waals surface area (Å²) >= 11 is 0. The molecule has 0 aromatic heterocycles. The number of likely N-dealkylation sites (tertiary alicyclic amines) is 1. The number of carbonyl (C=O) groups is 3. The van der Waals surface area contributed by atoms with E-state index in [0.717, 1.165) is 10.5 Å². The van der Waals surface area contributed by atoms with Crippen molar-refractivity contribution >= 4 is 23.4 Å². The van der Waals surface area contributed by atoms with Crippen molar-refractivity contribution in [2.45, 2.75) is 52.0 Å². The van der Waals surface area contributed by atoms with E-state index in [4.69, 9.17) is 4.74 Å². The van der Waals surface area contributed by atoms with Crippen LogP contribution in [0, 0.1) is 11.8 Å². The van der Waals surface area contributed by atoms with Crippen molar-refractivity contribution in [1.29, 1.82) is 0 Å². The molecule has 0 saturated carbocycles. The molecule has 150 valence electrons. The Kier molecular flexibility index (Phi) is 5.33. The molecule has 1 aliphatic carbocycles. The molecule has 0 unspecified atom stereocenters. The zero-order valence-electron chi connectivity index (χ0n) is 17.1. The quantitative estimate of drug-likeness (QED) is 0.639. The van der Waals surface area contributed by atoms with Gasteiger partial charge in [-0.15, -0.1) is 0 Å². The van der Waals surface area contributed by atoms with E-state index in [0.29, 0.717) is 24.3 Å².